The molecule has 0 radical (unpaired) electrons. The highest BCUT2D eigenvalue weighted by Gasteiger charge is 2.68. The number of benzene rings is 1. The van der Waals surface area contributed by atoms with E-state index in [2.05, 4.69) is 26.8 Å². The second kappa shape index (κ2) is 6.33. The Hall–Kier alpha value is -0.835. The number of halogens is 1. The van der Waals surface area contributed by atoms with Gasteiger partial charge in [0.1, 0.15) is 0 Å². The van der Waals surface area contributed by atoms with Crippen molar-refractivity contribution in [3.8, 4) is 0 Å². The van der Waals surface area contributed by atoms with Gasteiger partial charge in [0.05, 0.1) is 17.0 Å². The van der Waals surface area contributed by atoms with E-state index in [1.807, 2.05) is 19.9 Å². The Morgan fingerprint density at radius 2 is 2.00 bits per heavy atom. The predicted molar refractivity (Wildman–Crippen MR) is 109 cm³/mol. The van der Waals surface area contributed by atoms with Crippen molar-refractivity contribution in [2.24, 2.45) is 17.3 Å². The Morgan fingerprint density at radius 3 is 2.63 bits per heavy atom. The number of carbonyl (C=O) groups excluding carboxylic acids is 1. The molecule has 1 unspecified atom stereocenters. The molecule has 1 aromatic rings. The average molecular weight is 389 g/mol. The smallest absolute Gasteiger partial charge is 0.404 e. The van der Waals surface area contributed by atoms with Crippen LogP contribution in [0.5, 0.6) is 0 Å². The molecule has 1 saturated heterocycles. The van der Waals surface area contributed by atoms with Gasteiger partial charge in [-0.25, -0.2) is 0 Å². The highest BCUT2D eigenvalue weighted by Crippen LogP contribution is 2.65. The number of carbonyl (C=O) groups is 1. The van der Waals surface area contributed by atoms with Crippen LogP contribution in [0.3, 0.4) is 0 Å². The number of alkyl halides is 1. The Morgan fingerprint density at radius 1 is 1.30 bits per heavy atom. The van der Waals surface area contributed by atoms with Gasteiger partial charge in [-0.2, -0.15) is 0 Å². The lowest BCUT2D eigenvalue weighted by molar-refractivity contribution is -0.199. The third-order valence-corrected chi connectivity index (χ3v) is 8.18. The summed E-state index contributed by atoms with van der Waals surface area (Å²) in [5.74, 6) is 1.37. The predicted octanol–water partition coefficient (Wildman–Crippen LogP) is 4.92. The molecule has 0 N–H and O–H groups in total. The number of Topliss-reactive ketones (excluding diaryl/α,β-unsaturated/α-hetero) is 1. The summed E-state index contributed by atoms with van der Waals surface area (Å²) in [6.45, 7) is 12.6. The molecule has 1 aliphatic heterocycles. The lowest BCUT2D eigenvalue weighted by Gasteiger charge is -2.64. The minimum Gasteiger partial charge on any atom is -0.404 e. The van der Waals surface area contributed by atoms with Gasteiger partial charge in [-0.1, -0.05) is 26.0 Å². The van der Waals surface area contributed by atoms with E-state index in [0.29, 0.717) is 17.8 Å². The quantitative estimate of drug-likeness (QED) is 0.417. The fourth-order valence-electron chi connectivity index (χ4n) is 6.01. The zero-order chi connectivity index (χ0) is 19.7. The van der Waals surface area contributed by atoms with E-state index >= 15 is 0 Å². The molecule has 1 heterocycles. The molecule has 4 fully saturated rings. The van der Waals surface area contributed by atoms with E-state index in [1.54, 1.807) is 6.92 Å². The summed E-state index contributed by atoms with van der Waals surface area (Å²) in [6.07, 6.45) is 3.09. The van der Waals surface area contributed by atoms with Gasteiger partial charge in [-0.05, 0) is 80.9 Å². The lowest BCUT2D eigenvalue weighted by Crippen LogP contribution is -2.65. The third-order valence-electron chi connectivity index (χ3n) is 7.82. The SMILES string of the molecule is CC(=O)c1c(C)ccc(C[C@@H](Cl)B2OC3C[C@@H]4C[C@@H](C4(C)C)[C@]3(C)O2)c1C. The van der Waals surface area contributed by atoms with Gasteiger partial charge >= 0.3 is 7.12 Å². The zero-order valence-electron chi connectivity index (χ0n) is 17.3. The van der Waals surface area contributed by atoms with E-state index in [-0.39, 0.29) is 22.8 Å². The maximum absolute atomic E-state index is 12.0. The normalized spacial score (nSPS) is 34.8. The van der Waals surface area contributed by atoms with Crippen LogP contribution in [0.25, 0.3) is 0 Å². The van der Waals surface area contributed by atoms with Crippen LogP contribution in [0, 0.1) is 31.1 Å². The third kappa shape index (κ3) is 2.82. The molecule has 0 spiro atoms. The van der Waals surface area contributed by atoms with Crippen LogP contribution in [0.15, 0.2) is 12.1 Å². The molecule has 3 nitrogen and oxygen atoms in total. The van der Waals surface area contributed by atoms with Crippen LogP contribution in [-0.4, -0.2) is 29.9 Å². The first-order valence-electron chi connectivity index (χ1n) is 10.1. The van der Waals surface area contributed by atoms with Crippen molar-refractivity contribution in [2.45, 2.75) is 77.8 Å². The van der Waals surface area contributed by atoms with Crippen LogP contribution in [0.1, 0.15) is 67.6 Å². The fraction of sp³-hybridized carbons (Fsp3) is 0.682. The molecule has 5 heteroatoms. The topological polar surface area (TPSA) is 35.5 Å². The first-order chi connectivity index (χ1) is 12.6. The molecular weight excluding hydrogens is 359 g/mol. The average Bonchev–Trinajstić information content (AvgIpc) is 2.94. The van der Waals surface area contributed by atoms with E-state index < -0.39 is 7.12 Å². The summed E-state index contributed by atoms with van der Waals surface area (Å²) in [5, 5.41) is -0.269. The molecular formula is C22H30BClO3. The first-order valence-corrected chi connectivity index (χ1v) is 10.6. The van der Waals surface area contributed by atoms with Crippen molar-refractivity contribution >= 4 is 24.5 Å². The molecule has 2 bridgehead atoms. The number of hydrogen-bond acceptors (Lipinski definition) is 3. The molecule has 4 aliphatic rings. The van der Waals surface area contributed by atoms with Crippen LogP contribution < -0.4 is 0 Å². The van der Waals surface area contributed by atoms with Crippen molar-refractivity contribution in [3.05, 3.63) is 34.4 Å². The van der Waals surface area contributed by atoms with Crippen molar-refractivity contribution in [1.82, 2.24) is 0 Å². The zero-order valence-corrected chi connectivity index (χ0v) is 18.0. The van der Waals surface area contributed by atoms with Gasteiger partial charge in [-0.3, -0.25) is 4.79 Å². The molecule has 3 saturated carbocycles. The first kappa shape index (κ1) is 19.5. The van der Waals surface area contributed by atoms with Gasteiger partial charge in [0.25, 0.3) is 0 Å². The summed E-state index contributed by atoms with van der Waals surface area (Å²) >= 11 is 6.79. The number of ketones is 1. The largest absolute Gasteiger partial charge is 0.477 e. The number of hydrogen-bond donors (Lipinski definition) is 0. The van der Waals surface area contributed by atoms with Crippen molar-refractivity contribution in [1.29, 1.82) is 0 Å². The fourth-order valence-corrected chi connectivity index (χ4v) is 6.29. The summed E-state index contributed by atoms with van der Waals surface area (Å²) in [5.41, 5.74) is 4.05. The molecule has 146 valence electrons. The monoisotopic (exact) mass is 388 g/mol. The second-order valence-corrected chi connectivity index (χ2v) is 10.2. The number of aryl methyl sites for hydroxylation is 1. The van der Waals surface area contributed by atoms with Gasteiger partial charge in [-0.15, -0.1) is 11.6 Å². The van der Waals surface area contributed by atoms with E-state index in [1.165, 1.54) is 6.42 Å². The van der Waals surface area contributed by atoms with Crippen LogP contribution in [-0.2, 0) is 15.7 Å². The molecule has 1 aromatic carbocycles. The van der Waals surface area contributed by atoms with Crippen molar-refractivity contribution < 1.29 is 14.1 Å². The maximum Gasteiger partial charge on any atom is 0.477 e. The summed E-state index contributed by atoms with van der Waals surface area (Å²) in [4.78, 5) is 12.0. The minimum absolute atomic E-state index is 0.104. The highest BCUT2D eigenvalue weighted by molar-refractivity contribution is 6.60. The molecule has 27 heavy (non-hydrogen) atoms. The standard InChI is InChI=1S/C22H30BClO3/c1-12-7-8-15(13(2)20(12)14(3)25)9-19(24)23-26-18-11-16-10-17(21(16,4)5)22(18,6)27-23/h7-8,16-19H,9-11H2,1-6H3/t16-,17-,18?,19+,22-/m0/s1. The van der Waals surface area contributed by atoms with Crippen LogP contribution in [0.2, 0.25) is 0 Å². The van der Waals surface area contributed by atoms with E-state index in [0.717, 1.165) is 34.6 Å². The Bertz CT molecular complexity index is 792. The Balaban J connectivity index is 1.52. The van der Waals surface area contributed by atoms with E-state index in [9.17, 15) is 4.79 Å². The summed E-state index contributed by atoms with van der Waals surface area (Å²) in [7, 11) is -0.390. The van der Waals surface area contributed by atoms with Crippen molar-refractivity contribution in [3.63, 3.8) is 0 Å². The van der Waals surface area contributed by atoms with E-state index in [4.69, 9.17) is 20.9 Å². The summed E-state index contributed by atoms with van der Waals surface area (Å²) < 4.78 is 12.8. The minimum atomic E-state index is -0.390. The maximum atomic E-state index is 12.0. The van der Waals surface area contributed by atoms with Crippen LogP contribution >= 0.6 is 11.6 Å². The van der Waals surface area contributed by atoms with Gasteiger partial charge in [0.2, 0.25) is 0 Å². The molecule has 5 rings (SSSR count). The molecule has 0 aromatic heterocycles. The van der Waals surface area contributed by atoms with Gasteiger partial charge in [0, 0.05) is 5.56 Å². The summed E-state index contributed by atoms with van der Waals surface area (Å²) in [6, 6.07) is 4.09. The molecule has 3 aliphatic carbocycles. The highest BCUT2D eigenvalue weighted by atomic mass is 35.5. The van der Waals surface area contributed by atoms with Crippen molar-refractivity contribution in [2.75, 3.05) is 0 Å². The van der Waals surface area contributed by atoms with Crippen LogP contribution in [0.4, 0.5) is 0 Å². The molecule has 0 amide bonds. The number of rotatable bonds is 4. The second-order valence-electron chi connectivity index (χ2n) is 9.65. The van der Waals surface area contributed by atoms with Gasteiger partial charge in [0.15, 0.2) is 5.78 Å². The lowest BCUT2D eigenvalue weighted by atomic mass is 9.43. The Labute approximate surface area is 168 Å². The van der Waals surface area contributed by atoms with Gasteiger partial charge < -0.3 is 9.31 Å². The Kier molecular flexibility index (Phi) is 4.57. The molecule has 5 atom stereocenters.